The third kappa shape index (κ3) is 1.43. The van der Waals surface area contributed by atoms with Crippen molar-refractivity contribution in [2.75, 3.05) is 0 Å². The Bertz CT molecular complexity index is 383. The van der Waals surface area contributed by atoms with Crippen LogP contribution in [0.3, 0.4) is 0 Å². The van der Waals surface area contributed by atoms with Gasteiger partial charge >= 0.3 is 0 Å². The fourth-order valence-corrected chi connectivity index (χ4v) is 5.31. The zero-order chi connectivity index (χ0) is 13.1. The minimum absolute atomic E-state index is 0.102. The smallest absolute Gasteiger partial charge is 0.0784 e. The van der Waals surface area contributed by atoms with Crippen molar-refractivity contribution < 1.29 is 4.74 Å². The van der Waals surface area contributed by atoms with E-state index in [2.05, 4.69) is 40.7 Å². The summed E-state index contributed by atoms with van der Waals surface area (Å²) in [6.45, 7) is 11.8. The van der Waals surface area contributed by atoms with Gasteiger partial charge in [0, 0.05) is 5.92 Å². The van der Waals surface area contributed by atoms with Gasteiger partial charge in [0.15, 0.2) is 0 Å². The summed E-state index contributed by atoms with van der Waals surface area (Å²) in [6.07, 6.45) is 7.56. The molecule has 0 aromatic heterocycles. The Balaban J connectivity index is 2.06. The van der Waals surface area contributed by atoms with Crippen LogP contribution in [0, 0.1) is 23.7 Å². The van der Waals surface area contributed by atoms with Gasteiger partial charge in [0.1, 0.15) is 0 Å². The van der Waals surface area contributed by atoms with Gasteiger partial charge < -0.3 is 4.74 Å². The van der Waals surface area contributed by atoms with Crippen molar-refractivity contribution in [2.24, 2.45) is 23.7 Å². The van der Waals surface area contributed by atoms with Crippen molar-refractivity contribution in [3.63, 3.8) is 0 Å². The maximum absolute atomic E-state index is 6.77. The van der Waals surface area contributed by atoms with Crippen LogP contribution in [0.15, 0.2) is 11.6 Å². The number of ether oxygens (including phenoxy) is 1. The molecule has 102 valence electrons. The van der Waals surface area contributed by atoms with Gasteiger partial charge in [-0.3, -0.25) is 0 Å². The molecule has 1 saturated carbocycles. The van der Waals surface area contributed by atoms with Crippen LogP contribution in [-0.2, 0) is 4.74 Å². The molecule has 3 fully saturated rings. The second kappa shape index (κ2) is 3.85. The molecule has 1 spiro atoms. The molecule has 3 rings (SSSR count). The maximum Gasteiger partial charge on any atom is 0.0784 e. The van der Waals surface area contributed by atoms with Gasteiger partial charge in [-0.2, -0.15) is 0 Å². The molecule has 0 N–H and O–H groups in total. The van der Waals surface area contributed by atoms with E-state index in [-0.39, 0.29) is 11.2 Å². The van der Waals surface area contributed by atoms with Crippen molar-refractivity contribution in [1.82, 2.24) is 0 Å². The summed E-state index contributed by atoms with van der Waals surface area (Å²) >= 11 is 0. The summed E-state index contributed by atoms with van der Waals surface area (Å²) < 4.78 is 6.77. The largest absolute Gasteiger partial charge is 0.367 e. The molecule has 0 radical (unpaired) electrons. The van der Waals surface area contributed by atoms with E-state index >= 15 is 0 Å². The average Bonchev–Trinajstić information content (AvgIpc) is 2.75. The van der Waals surface area contributed by atoms with Gasteiger partial charge in [0.25, 0.3) is 0 Å². The summed E-state index contributed by atoms with van der Waals surface area (Å²) in [7, 11) is 0. The van der Waals surface area contributed by atoms with E-state index in [4.69, 9.17) is 4.74 Å². The Morgan fingerprint density at radius 2 is 2.06 bits per heavy atom. The lowest BCUT2D eigenvalue weighted by molar-refractivity contribution is -0.155. The molecule has 2 bridgehead atoms. The molecule has 1 heteroatoms. The molecule has 2 aliphatic heterocycles. The van der Waals surface area contributed by atoms with Gasteiger partial charge in [-0.15, -0.1) is 0 Å². The van der Waals surface area contributed by atoms with Crippen LogP contribution >= 0.6 is 0 Å². The Hall–Kier alpha value is -0.300. The molecule has 5 atom stereocenters. The Kier molecular flexibility index (Phi) is 2.72. The Morgan fingerprint density at radius 3 is 2.67 bits per heavy atom. The quantitative estimate of drug-likeness (QED) is 0.618. The molecule has 3 aliphatic rings. The van der Waals surface area contributed by atoms with E-state index in [0.29, 0.717) is 5.92 Å². The van der Waals surface area contributed by atoms with Gasteiger partial charge in [0.05, 0.1) is 11.2 Å². The van der Waals surface area contributed by atoms with Crippen molar-refractivity contribution in [2.45, 2.75) is 71.5 Å². The maximum atomic E-state index is 6.77. The lowest BCUT2D eigenvalue weighted by Gasteiger charge is -2.45. The van der Waals surface area contributed by atoms with Crippen molar-refractivity contribution >= 4 is 0 Å². The standard InChI is InChI=1S/C17H28O/c1-6-13-9-16(5)15(11(2)3)10-17(18-16)12(4)7-8-14(13)17/h6,11-12,14-15H,7-10H2,1-5H3/b13-6+. The molecule has 0 aromatic rings. The molecule has 1 aliphatic carbocycles. The number of hydrogen-bond acceptors (Lipinski definition) is 1. The van der Waals surface area contributed by atoms with Crippen molar-refractivity contribution in [1.29, 1.82) is 0 Å². The zero-order valence-electron chi connectivity index (χ0n) is 12.6. The van der Waals surface area contributed by atoms with Gasteiger partial charge in [-0.1, -0.05) is 32.4 Å². The first-order chi connectivity index (χ1) is 8.43. The van der Waals surface area contributed by atoms with Crippen LogP contribution in [0.2, 0.25) is 0 Å². The van der Waals surface area contributed by atoms with E-state index in [1.54, 1.807) is 5.57 Å². The zero-order valence-corrected chi connectivity index (χ0v) is 12.6. The van der Waals surface area contributed by atoms with E-state index in [0.717, 1.165) is 17.8 Å². The minimum atomic E-state index is 0.102. The SMILES string of the molecule is C/C=C1\CC2(C)OC3(CC2C(C)C)C(C)CCC13. The minimum Gasteiger partial charge on any atom is -0.367 e. The second-order valence-electron chi connectivity index (χ2n) is 7.50. The monoisotopic (exact) mass is 248 g/mol. The molecule has 18 heavy (non-hydrogen) atoms. The predicted octanol–water partition coefficient (Wildman–Crippen LogP) is 4.57. The van der Waals surface area contributed by atoms with Crippen LogP contribution in [0.25, 0.3) is 0 Å². The molecule has 0 amide bonds. The predicted molar refractivity (Wildman–Crippen MR) is 75.4 cm³/mol. The Labute approximate surface area is 112 Å². The van der Waals surface area contributed by atoms with Crippen molar-refractivity contribution in [3.8, 4) is 0 Å². The fraction of sp³-hybridized carbons (Fsp3) is 0.882. The van der Waals surface area contributed by atoms with Crippen LogP contribution in [-0.4, -0.2) is 11.2 Å². The van der Waals surface area contributed by atoms with Crippen LogP contribution in [0.5, 0.6) is 0 Å². The normalized spacial score (nSPS) is 53.2. The molecule has 2 saturated heterocycles. The van der Waals surface area contributed by atoms with Gasteiger partial charge in [-0.05, 0) is 57.3 Å². The first kappa shape index (κ1) is 12.7. The Morgan fingerprint density at radius 1 is 1.33 bits per heavy atom. The summed E-state index contributed by atoms with van der Waals surface area (Å²) in [5.41, 5.74) is 1.98. The van der Waals surface area contributed by atoms with E-state index < -0.39 is 0 Å². The van der Waals surface area contributed by atoms with Crippen LogP contribution < -0.4 is 0 Å². The highest BCUT2D eigenvalue weighted by Gasteiger charge is 2.65. The topological polar surface area (TPSA) is 9.23 Å². The summed E-state index contributed by atoms with van der Waals surface area (Å²) in [4.78, 5) is 0. The molecule has 5 unspecified atom stereocenters. The fourth-order valence-electron chi connectivity index (χ4n) is 5.31. The highest BCUT2D eigenvalue weighted by Crippen LogP contribution is 2.64. The van der Waals surface area contributed by atoms with Crippen LogP contribution in [0.1, 0.15) is 60.3 Å². The van der Waals surface area contributed by atoms with E-state index in [9.17, 15) is 0 Å². The molecular formula is C17H28O. The van der Waals surface area contributed by atoms with Gasteiger partial charge in [-0.25, -0.2) is 0 Å². The second-order valence-corrected chi connectivity index (χ2v) is 7.50. The van der Waals surface area contributed by atoms with E-state index in [1.165, 1.54) is 25.7 Å². The first-order valence-electron chi connectivity index (χ1n) is 7.78. The van der Waals surface area contributed by atoms with Gasteiger partial charge in [0.2, 0.25) is 0 Å². The summed E-state index contributed by atoms with van der Waals surface area (Å²) in [5.74, 6) is 2.92. The summed E-state index contributed by atoms with van der Waals surface area (Å²) in [6, 6.07) is 0. The number of hydrogen-bond donors (Lipinski definition) is 0. The highest BCUT2D eigenvalue weighted by molar-refractivity contribution is 5.27. The lowest BCUT2D eigenvalue weighted by atomic mass is 9.76. The summed E-state index contributed by atoms with van der Waals surface area (Å²) in [5, 5.41) is 0. The molecule has 1 nitrogen and oxygen atoms in total. The van der Waals surface area contributed by atoms with E-state index in [1.807, 2.05) is 0 Å². The molecular weight excluding hydrogens is 220 g/mol. The third-order valence-corrected chi connectivity index (χ3v) is 6.24. The van der Waals surface area contributed by atoms with Crippen LogP contribution in [0.4, 0.5) is 0 Å². The van der Waals surface area contributed by atoms with Crippen molar-refractivity contribution in [3.05, 3.63) is 11.6 Å². The number of rotatable bonds is 1. The highest BCUT2D eigenvalue weighted by atomic mass is 16.5. The molecule has 0 aromatic carbocycles. The third-order valence-electron chi connectivity index (χ3n) is 6.24. The molecule has 2 heterocycles. The average molecular weight is 248 g/mol. The first-order valence-corrected chi connectivity index (χ1v) is 7.78. The lowest BCUT2D eigenvalue weighted by Crippen LogP contribution is -2.47. The number of fused-ring (bicyclic) bond motifs is 1. The number of allylic oxidation sites excluding steroid dienone is 1.